The van der Waals surface area contributed by atoms with E-state index in [1.807, 2.05) is 50.4 Å². The van der Waals surface area contributed by atoms with Gasteiger partial charge in [0, 0.05) is 17.5 Å². The minimum absolute atomic E-state index is 0.0492. The standard InChI is InChI=1S/C24H22F6N4.C3H8/c1-15(2)11-32-22-18(9-17-5-3-4-6-21(17)33-22)13-34(14-31)12-16-7-19(23(25,26)27)10-20(8-16)24(28,29)30;1-3-2/h3-10,15H,11-13H2,1-2H3,(H,32,33);3H2,1-2H3. The molecule has 2 aromatic carbocycles. The summed E-state index contributed by atoms with van der Waals surface area (Å²) >= 11 is 0. The van der Waals surface area contributed by atoms with Crippen LogP contribution in [0.4, 0.5) is 32.2 Å². The van der Waals surface area contributed by atoms with Gasteiger partial charge in [0.05, 0.1) is 29.7 Å². The molecule has 0 aliphatic rings. The van der Waals surface area contributed by atoms with Crippen LogP contribution in [0.15, 0.2) is 48.5 Å². The minimum Gasteiger partial charge on any atom is -0.370 e. The van der Waals surface area contributed by atoms with Gasteiger partial charge in [-0.25, -0.2) is 4.98 Å². The Bertz CT molecular complexity index is 1180. The van der Waals surface area contributed by atoms with Crippen LogP contribution in [0.2, 0.25) is 0 Å². The van der Waals surface area contributed by atoms with Gasteiger partial charge in [-0.15, -0.1) is 0 Å². The molecule has 0 aliphatic heterocycles. The summed E-state index contributed by atoms with van der Waals surface area (Å²) in [6.07, 6.45) is -6.79. The van der Waals surface area contributed by atoms with Crippen LogP contribution in [0.5, 0.6) is 0 Å². The number of anilines is 1. The van der Waals surface area contributed by atoms with Crippen molar-refractivity contribution in [3.05, 3.63) is 70.8 Å². The fourth-order valence-corrected chi connectivity index (χ4v) is 3.40. The average Bonchev–Trinajstić information content (AvgIpc) is 2.81. The van der Waals surface area contributed by atoms with Gasteiger partial charge in [-0.3, -0.25) is 0 Å². The Morgan fingerprint density at radius 3 is 2.00 bits per heavy atom. The van der Waals surface area contributed by atoms with Gasteiger partial charge < -0.3 is 10.2 Å². The Balaban J connectivity index is 0.00000153. The maximum absolute atomic E-state index is 13.2. The van der Waals surface area contributed by atoms with Crippen LogP contribution >= 0.6 is 0 Å². The SMILES string of the molecule is CC(C)CNc1nc2ccccc2cc1CN(C#N)Cc1cc(C(F)(F)F)cc(C(F)(F)F)c1.CCC. The van der Waals surface area contributed by atoms with Gasteiger partial charge in [-0.1, -0.05) is 52.3 Å². The van der Waals surface area contributed by atoms with Crippen LogP contribution in [0.25, 0.3) is 10.9 Å². The Hall–Kier alpha value is -3.48. The van der Waals surface area contributed by atoms with Crippen LogP contribution < -0.4 is 5.32 Å². The van der Waals surface area contributed by atoms with Gasteiger partial charge in [0.15, 0.2) is 6.19 Å². The Morgan fingerprint density at radius 1 is 0.919 bits per heavy atom. The fraction of sp³-hybridized carbons (Fsp3) is 0.407. The molecule has 37 heavy (non-hydrogen) atoms. The number of nitriles is 1. The lowest BCUT2D eigenvalue weighted by Gasteiger charge is -2.21. The van der Waals surface area contributed by atoms with Crippen molar-refractivity contribution >= 4 is 16.7 Å². The number of hydrogen-bond donors (Lipinski definition) is 1. The van der Waals surface area contributed by atoms with E-state index in [2.05, 4.69) is 24.1 Å². The molecular weight excluding hydrogens is 494 g/mol. The number of rotatable bonds is 7. The number of nitrogens with zero attached hydrogens (tertiary/aromatic N) is 3. The van der Waals surface area contributed by atoms with E-state index in [9.17, 15) is 31.6 Å². The molecule has 1 aromatic heterocycles. The molecule has 4 nitrogen and oxygen atoms in total. The third kappa shape index (κ3) is 8.85. The van der Waals surface area contributed by atoms with Gasteiger partial charge in [0.1, 0.15) is 5.82 Å². The molecule has 10 heteroatoms. The van der Waals surface area contributed by atoms with E-state index >= 15 is 0 Å². The van der Waals surface area contributed by atoms with Gasteiger partial charge in [0.2, 0.25) is 0 Å². The smallest absolute Gasteiger partial charge is 0.370 e. The summed E-state index contributed by atoms with van der Waals surface area (Å²) in [5.74, 6) is 0.798. The highest BCUT2D eigenvalue weighted by molar-refractivity contribution is 5.81. The van der Waals surface area contributed by atoms with Crippen molar-refractivity contribution in [1.82, 2.24) is 9.88 Å². The van der Waals surface area contributed by atoms with E-state index in [1.165, 1.54) is 6.42 Å². The molecule has 0 aliphatic carbocycles. The zero-order valence-electron chi connectivity index (χ0n) is 21.1. The third-order valence-corrected chi connectivity index (χ3v) is 5.00. The molecule has 0 radical (unpaired) electrons. The van der Waals surface area contributed by atoms with E-state index < -0.39 is 30.0 Å². The summed E-state index contributed by atoms with van der Waals surface area (Å²) in [5, 5.41) is 13.6. The number of halogens is 6. The summed E-state index contributed by atoms with van der Waals surface area (Å²) in [4.78, 5) is 5.69. The maximum Gasteiger partial charge on any atom is 0.416 e. The second-order valence-electron chi connectivity index (χ2n) is 9.04. The van der Waals surface area contributed by atoms with Gasteiger partial charge >= 0.3 is 12.4 Å². The summed E-state index contributed by atoms with van der Waals surface area (Å²) in [5.41, 5.74) is -1.78. The third-order valence-electron chi connectivity index (χ3n) is 5.00. The highest BCUT2D eigenvalue weighted by Gasteiger charge is 2.37. The average molecular weight is 525 g/mol. The molecule has 0 spiro atoms. The molecule has 1 N–H and O–H groups in total. The predicted molar refractivity (Wildman–Crippen MR) is 132 cm³/mol. The molecule has 0 amide bonds. The van der Waals surface area contributed by atoms with E-state index in [4.69, 9.17) is 0 Å². The van der Waals surface area contributed by atoms with E-state index in [0.717, 1.165) is 10.3 Å². The molecular formula is C27H30F6N4. The second kappa shape index (κ2) is 12.7. The molecule has 0 saturated heterocycles. The van der Waals surface area contributed by atoms with E-state index in [-0.39, 0.29) is 18.2 Å². The number of pyridine rings is 1. The molecule has 0 atom stereocenters. The van der Waals surface area contributed by atoms with Crippen molar-refractivity contribution in [3.63, 3.8) is 0 Å². The number of benzene rings is 2. The first-order valence-corrected chi connectivity index (χ1v) is 11.8. The number of aromatic nitrogens is 1. The largest absolute Gasteiger partial charge is 0.416 e. The van der Waals surface area contributed by atoms with Gasteiger partial charge in [-0.05, 0) is 41.8 Å². The molecule has 200 valence electrons. The number of hydrogen-bond acceptors (Lipinski definition) is 4. The fourth-order valence-electron chi connectivity index (χ4n) is 3.40. The number of nitrogens with one attached hydrogen (secondary N) is 1. The quantitative estimate of drug-likeness (QED) is 0.192. The molecule has 3 aromatic rings. The zero-order valence-corrected chi connectivity index (χ0v) is 21.1. The molecule has 0 fully saturated rings. The predicted octanol–water partition coefficient (Wildman–Crippen LogP) is 8.24. The molecule has 1 heterocycles. The second-order valence-corrected chi connectivity index (χ2v) is 9.04. The van der Waals surface area contributed by atoms with Crippen molar-refractivity contribution in [2.75, 3.05) is 11.9 Å². The molecule has 0 bridgehead atoms. The van der Waals surface area contributed by atoms with E-state index in [1.54, 1.807) is 0 Å². The summed E-state index contributed by atoms with van der Waals surface area (Å²) in [6.45, 7) is 8.36. The lowest BCUT2D eigenvalue weighted by atomic mass is 10.0. The van der Waals surface area contributed by atoms with Crippen LogP contribution in [0.1, 0.15) is 56.4 Å². The van der Waals surface area contributed by atoms with Crippen molar-refractivity contribution in [2.24, 2.45) is 5.92 Å². The Labute approximate surface area is 212 Å². The first-order valence-electron chi connectivity index (χ1n) is 11.8. The van der Waals surface area contributed by atoms with Crippen molar-refractivity contribution < 1.29 is 26.3 Å². The van der Waals surface area contributed by atoms with Gasteiger partial charge in [-0.2, -0.15) is 31.6 Å². The lowest BCUT2D eigenvalue weighted by molar-refractivity contribution is -0.143. The number of alkyl halides is 6. The minimum atomic E-state index is -4.95. The summed E-state index contributed by atoms with van der Waals surface area (Å²) < 4.78 is 79.1. The number of fused-ring (bicyclic) bond motifs is 1. The summed E-state index contributed by atoms with van der Waals surface area (Å²) in [7, 11) is 0. The lowest BCUT2D eigenvalue weighted by Crippen LogP contribution is -2.20. The molecule has 0 unspecified atom stereocenters. The Morgan fingerprint density at radius 2 is 1.49 bits per heavy atom. The highest BCUT2D eigenvalue weighted by Crippen LogP contribution is 2.36. The summed E-state index contributed by atoms with van der Waals surface area (Å²) in [6, 6.07) is 10.4. The first-order chi connectivity index (χ1) is 17.3. The zero-order chi connectivity index (χ0) is 27.8. The first kappa shape index (κ1) is 29.7. The van der Waals surface area contributed by atoms with Crippen molar-refractivity contribution in [3.8, 4) is 6.19 Å². The van der Waals surface area contributed by atoms with Crippen molar-refractivity contribution in [2.45, 2.75) is 59.6 Å². The van der Waals surface area contributed by atoms with Crippen LogP contribution in [0.3, 0.4) is 0 Å². The molecule has 0 saturated carbocycles. The topological polar surface area (TPSA) is 52.0 Å². The highest BCUT2D eigenvalue weighted by atomic mass is 19.4. The number of para-hydroxylation sites is 1. The maximum atomic E-state index is 13.2. The van der Waals surface area contributed by atoms with Crippen molar-refractivity contribution in [1.29, 1.82) is 5.26 Å². The van der Waals surface area contributed by atoms with Gasteiger partial charge in [0.25, 0.3) is 0 Å². The monoisotopic (exact) mass is 524 g/mol. The van der Waals surface area contributed by atoms with E-state index in [0.29, 0.717) is 41.5 Å². The Kier molecular flexibility index (Phi) is 10.2. The molecule has 3 rings (SSSR count). The normalized spacial score (nSPS) is 11.6. The van der Waals surface area contributed by atoms with Crippen LogP contribution in [0, 0.1) is 17.4 Å². The van der Waals surface area contributed by atoms with Crippen LogP contribution in [-0.2, 0) is 25.4 Å². The van der Waals surface area contributed by atoms with Crippen LogP contribution in [-0.4, -0.2) is 16.4 Å².